The molecule has 0 spiro atoms. The Morgan fingerprint density at radius 1 is 1.00 bits per heavy atom. The first-order valence-corrected chi connectivity index (χ1v) is 8.96. The maximum atomic E-state index is 12.1. The molecular weight excluding hydrogens is 346 g/mol. The molecule has 2 aromatic rings. The molecule has 1 aliphatic rings. The molecule has 6 nitrogen and oxygen atoms in total. The van der Waals surface area contributed by atoms with E-state index in [0.717, 1.165) is 24.3 Å². The fraction of sp³-hybridized carbons (Fsp3) is 0.333. The van der Waals surface area contributed by atoms with Crippen LogP contribution >= 0.6 is 0 Å². The third-order valence-corrected chi connectivity index (χ3v) is 4.38. The van der Waals surface area contributed by atoms with Gasteiger partial charge in [-0.05, 0) is 48.4 Å². The van der Waals surface area contributed by atoms with Gasteiger partial charge in [-0.3, -0.25) is 4.79 Å². The van der Waals surface area contributed by atoms with Gasteiger partial charge in [0.25, 0.3) is 0 Å². The number of rotatable bonds is 8. The first kappa shape index (κ1) is 18.8. The van der Waals surface area contributed by atoms with Gasteiger partial charge in [0, 0.05) is 19.5 Å². The molecular formula is C21H23NO5. The lowest BCUT2D eigenvalue weighted by Crippen LogP contribution is -2.23. The Bertz CT molecular complexity index is 770. The maximum absolute atomic E-state index is 12.1. The Kier molecular flexibility index (Phi) is 6.30. The predicted octanol–water partition coefficient (Wildman–Crippen LogP) is 3.05. The van der Waals surface area contributed by atoms with Gasteiger partial charge in [-0.15, -0.1) is 0 Å². The van der Waals surface area contributed by atoms with E-state index < -0.39 is 5.97 Å². The molecule has 1 amide bonds. The Labute approximate surface area is 158 Å². The van der Waals surface area contributed by atoms with Crippen molar-refractivity contribution in [2.75, 3.05) is 26.9 Å². The van der Waals surface area contributed by atoms with Gasteiger partial charge in [-0.1, -0.05) is 12.1 Å². The van der Waals surface area contributed by atoms with Crippen molar-refractivity contribution in [2.24, 2.45) is 0 Å². The maximum Gasteiger partial charge on any atom is 0.338 e. The minimum atomic E-state index is -0.392. The summed E-state index contributed by atoms with van der Waals surface area (Å²) in [6.45, 7) is 1.82. The molecule has 6 heteroatoms. The van der Waals surface area contributed by atoms with Gasteiger partial charge in [-0.2, -0.15) is 0 Å². The van der Waals surface area contributed by atoms with E-state index in [1.165, 1.54) is 0 Å². The summed E-state index contributed by atoms with van der Waals surface area (Å²) in [7, 11) is 1.60. The number of ether oxygens (including phenoxy) is 3. The standard InChI is InChI=1S/C21H23NO5/c1-25-18-8-10-19(11-9-18)26-13-14-27-21(24)17-6-4-16(5-7-17)15-22-12-2-3-20(22)23/h4-11H,2-3,12-15H2,1H3. The van der Waals surface area contributed by atoms with Crippen LogP contribution in [0.1, 0.15) is 28.8 Å². The predicted molar refractivity (Wildman–Crippen MR) is 99.9 cm³/mol. The van der Waals surface area contributed by atoms with Gasteiger partial charge in [0.2, 0.25) is 5.91 Å². The number of hydrogen-bond acceptors (Lipinski definition) is 5. The summed E-state index contributed by atoms with van der Waals surface area (Å²) in [5.41, 5.74) is 1.49. The molecule has 1 saturated heterocycles. The zero-order valence-corrected chi connectivity index (χ0v) is 15.3. The third kappa shape index (κ3) is 5.23. The largest absolute Gasteiger partial charge is 0.497 e. The van der Waals surface area contributed by atoms with Crippen LogP contribution < -0.4 is 9.47 Å². The quantitative estimate of drug-likeness (QED) is 0.529. The van der Waals surface area contributed by atoms with E-state index >= 15 is 0 Å². The van der Waals surface area contributed by atoms with Crippen LogP contribution in [0.2, 0.25) is 0 Å². The van der Waals surface area contributed by atoms with Crippen molar-refractivity contribution in [3.8, 4) is 11.5 Å². The first-order valence-electron chi connectivity index (χ1n) is 8.96. The van der Waals surface area contributed by atoms with Crippen LogP contribution in [0.4, 0.5) is 0 Å². The Balaban J connectivity index is 1.41. The number of carbonyl (C=O) groups is 2. The minimum Gasteiger partial charge on any atom is -0.497 e. The lowest BCUT2D eigenvalue weighted by Gasteiger charge is -2.15. The van der Waals surface area contributed by atoms with Gasteiger partial charge in [0.15, 0.2) is 0 Å². The van der Waals surface area contributed by atoms with Crippen LogP contribution in [-0.4, -0.2) is 43.6 Å². The van der Waals surface area contributed by atoms with E-state index in [2.05, 4.69) is 0 Å². The summed E-state index contributed by atoms with van der Waals surface area (Å²) in [6.07, 6.45) is 1.55. The zero-order valence-electron chi connectivity index (χ0n) is 15.3. The first-order chi connectivity index (χ1) is 13.2. The van der Waals surface area contributed by atoms with Crippen molar-refractivity contribution in [1.29, 1.82) is 0 Å². The molecule has 0 saturated carbocycles. The highest BCUT2D eigenvalue weighted by Crippen LogP contribution is 2.17. The number of hydrogen-bond donors (Lipinski definition) is 0. The van der Waals surface area contributed by atoms with Gasteiger partial charge in [0.1, 0.15) is 24.7 Å². The molecule has 2 aromatic carbocycles. The minimum absolute atomic E-state index is 0.162. The molecule has 0 bridgehead atoms. The van der Waals surface area contributed by atoms with E-state index in [0.29, 0.717) is 24.3 Å². The van der Waals surface area contributed by atoms with Gasteiger partial charge in [0.05, 0.1) is 12.7 Å². The third-order valence-electron chi connectivity index (χ3n) is 4.38. The summed E-state index contributed by atoms with van der Waals surface area (Å²) in [4.78, 5) is 25.6. The SMILES string of the molecule is COc1ccc(OCCOC(=O)c2ccc(CN3CCCC3=O)cc2)cc1. The average Bonchev–Trinajstić information content (AvgIpc) is 3.10. The lowest BCUT2D eigenvalue weighted by atomic mass is 10.1. The van der Waals surface area contributed by atoms with Crippen molar-refractivity contribution < 1.29 is 23.8 Å². The van der Waals surface area contributed by atoms with E-state index in [4.69, 9.17) is 14.2 Å². The number of nitrogens with zero attached hydrogens (tertiary/aromatic N) is 1. The molecule has 0 aromatic heterocycles. The molecule has 0 radical (unpaired) electrons. The molecule has 0 aliphatic carbocycles. The van der Waals surface area contributed by atoms with Crippen LogP contribution in [0.3, 0.4) is 0 Å². The van der Waals surface area contributed by atoms with Crippen molar-refractivity contribution in [2.45, 2.75) is 19.4 Å². The number of esters is 1. The van der Waals surface area contributed by atoms with Crippen LogP contribution in [0, 0.1) is 0 Å². The van der Waals surface area contributed by atoms with E-state index in [1.807, 2.05) is 17.0 Å². The molecule has 1 heterocycles. The van der Waals surface area contributed by atoms with Crippen molar-refractivity contribution in [3.05, 3.63) is 59.7 Å². The summed E-state index contributed by atoms with van der Waals surface area (Å²) in [6, 6.07) is 14.4. The van der Waals surface area contributed by atoms with Crippen LogP contribution in [0.15, 0.2) is 48.5 Å². The molecule has 0 atom stereocenters. The fourth-order valence-corrected chi connectivity index (χ4v) is 2.89. The number of carbonyl (C=O) groups excluding carboxylic acids is 2. The molecule has 27 heavy (non-hydrogen) atoms. The topological polar surface area (TPSA) is 65.1 Å². The van der Waals surface area contributed by atoms with Gasteiger partial charge < -0.3 is 19.1 Å². The number of methoxy groups -OCH3 is 1. The van der Waals surface area contributed by atoms with Crippen LogP contribution in [-0.2, 0) is 16.1 Å². The van der Waals surface area contributed by atoms with Crippen LogP contribution in [0.25, 0.3) is 0 Å². The number of amides is 1. The highest BCUT2D eigenvalue weighted by Gasteiger charge is 2.20. The summed E-state index contributed by atoms with van der Waals surface area (Å²) >= 11 is 0. The molecule has 142 valence electrons. The van der Waals surface area contributed by atoms with E-state index in [-0.39, 0.29) is 19.1 Å². The van der Waals surface area contributed by atoms with E-state index in [9.17, 15) is 9.59 Å². The summed E-state index contributed by atoms with van der Waals surface area (Å²) < 4.78 is 15.8. The average molecular weight is 369 g/mol. The van der Waals surface area contributed by atoms with Crippen LogP contribution in [0.5, 0.6) is 11.5 Å². The monoisotopic (exact) mass is 369 g/mol. The molecule has 1 aliphatic heterocycles. The molecule has 3 rings (SSSR count). The summed E-state index contributed by atoms with van der Waals surface area (Å²) in [5, 5.41) is 0. The van der Waals surface area contributed by atoms with Crippen molar-refractivity contribution in [3.63, 3.8) is 0 Å². The fourth-order valence-electron chi connectivity index (χ4n) is 2.89. The Hall–Kier alpha value is -3.02. The second-order valence-corrected chi connectivity index (χ2v) is 6.28. The van der Waals surface area contributed by atoms with Crippen molar-refractivity contribution >= 4 is 11.9 Å². The molecule has 1 fully saturated rings. The molecule has 0 N–H and O–H groups in total. The second kappa shape index (κ2) is 9.07. The van der Waals surface area contributed by atoms with E-state index in [1.54, 1.807) is 43.5 Å². The number of likely N-dealkylation sites (tertiary alicyclic amines) is 1. The molecule has 0 unspecified atom stereocenters. The van der Waals surface area contributed by atoms with Crippen molar-refractivity contribution in [1.82, 2.24) is 4.90 Å². The highest BCUT2D eigenvalue weighted by molar-refractivity contribution is 5.89. The Morgan fingerprint density at radius 3 is 2.33 bits per heavy atom. The summed E-state index contributed by atoms with van der Waals surface area (Å²) in [5.74, 6) is 1.24. The highest BCUT2D eigenvalue weighted by atomic mass is 16.6. The smallest absolute Gasteiger partial charge is 0.338 e. The Morgan fingerprint density at radius 2 is 1.70 bits per heavy atom. The second-order valence-electron chi connectivity index (χ2n) is 6.28. The van der Waals surface area contributed by atoms with Gasteiger partial charge >= 0.3 is 5.97 Å². The number of benzene rings is 2. The normalized spacial score (nSPS) is 13.5. The van der Waals surface area contributed by atoms with Gasteiger partial charge in [-0.25, -0.2) is 4.79 Å². The lowest BCUT2D eigenvalue weighted by molar-refractivity contribution is -0.128. The zero-order chi connectivity index (χ0) is 19.1.